The number of hydrogen-bond acceptors (Lipinski definition) is 4. The second-order valence-electron chi connectivity index (χ2n) is 4.22. The molecule has 1 aliphatic rings. The summed E-state index contributed by atoms with van der Waals surface area (Å²) in [7, 11) is 1.58. The number of carbonyl (C=O) groups excluding carboxylic acids is 1. The van der Waals surface area contributed by atoms with E-state index in [2.05, 4.69) is 15.2 Å². The van der Waals surface area contributed by atoms with Gasteiger partial charge in [-0.2, -0.15) is 0 Å². The van der Waals surface area contributed by atoms with E-state index in [-0.39, 0.29) is 12.0 Å². The Morgan fingerprint density at radius 3 is 3.18 bits per heavy atom. The Balaban J connectivity index is 2.17. The third-order valence-electron chi connectivity index (χ3n) is 2.96. The van der Waals surface area contributed by atoms with Gasteiger partial charge in [-0.15, -0.1) is 0 Å². The predicted octanol–water partition coefficient (Wildman–Crippen LogP) is 0.402. The van der Waals surface area contributed by atoms with Crippen molar-refractivity contribution in [2.24, 2.45) is 0 Å². The van der Waals surface area contributed by atoms with E-state index in [0.29, 0.717) is 12.2 Å². The van der Waals surface area contributed by atoms with Crippen molar-refractivity contribution < 1.29 is 9.90 Å². The summed E-state index contributed by atoms with van der Waals surface area (Å²) in [5.74, 6) is -0.190. The molecule has 2 heterocycles. The van der Waals surface area contributed by atoms with Crippen LogP contribution in [0, 0.1) is 0 Å². The van der Waals surface area contributed by atoms with Gasteiger partial charge in [0.1, 0.15) is 5.69 Å². The van der Waals surface area contributed by atoms with Crippen LogP contribution in [0.2, 0.25) is 0 Å². The van der Waals surface area contributed by atoms with E-state index < -0.39 is 0 Å². The quantitative estimate of drug-likeness (QED) is 0.779. The van der Waals surface area contributed by atoms with E-state index in [4.69, 9.17) is 0 Å². The van der Waals surface area contributed by atoms with Gasteiger partial charge in [-0.1, -0.05) is 0 Å². The van der Waals surface area contributed by atoms with Crippen LogP contribution < -0.4 is 10.2 Å². The van der Waals surface area contributed by atoms with Crippen LogP contribution in [-0.2, 0) is 0 Å². The van der Waals surface area contributed by atoms with E-state index in [0.717, 1.165) is 25.1 Å². The van der Waals surface area contributed by atoms with E-state index in [1.165, 1.54) is 0 Å². The number of β-amino-alcohol motifs (C(OH)–C–C–N with tert-alkyl or cyclic N) is 1. The molecule has 0 aromatic carbocycles. The zero-order valence-electron chi connectivity index (χ0n) is 9.89. The highest BCUT2D eigenvalue weighted by atomic mass is 16.3. The average Bonchev–Trinajstić information content (AvgIpc) is 2.38. The number of aliphatic hydroxyl groups excluding tert-OH is 1. The number of amides is 1. The average molecular weight is 235 g/mol. The van der Waals surface area contributed by atoms with Gasteiger partial charge in [0.25, 0.3) is 5.91 Å². The molecule has 2 N–H and O–H groups in total. The lowest BCUT2D eigenvalue weighted by Crippen LogP contribution is -2.38. The third kappa shape index (κ3) is 2.74. The highest BCUT2D eigenvalue weighted by molar-refractivity contribution is 5.92. The fourth-order valence-corrected chi connectivity index (χ4v) is 2.06. The lowest BCUT2D eigenvalue weighted by Gasteiger charge is -2.32. The molecule has 5 nitrogen and oxygen atoms in total. The molecule has 2 rings (SSSR count). The van der Waals surface area contributed by atoms with Crippen molar-refractivity contribution >= 4 is 11.6 Å². The standard InChI is InChI=1S/C12H17N3O2/c1-13-12(17)11-7-9(4-5-14-11)15-6-2-3-10(16)8-15/h4-5,7,10,16H,2-3,6,8H2,1H3,(H,13,17)/t10-/m0/s1. The molecule has 1 saturated heterocycles. The molecule has 0 bridgehead atoms. The molecular weight excluding hydrogens is 218 g/mol. The van der Waals surface area contributed by atoms with Crippen LogP contribution in [0.4, 0.5) is 5.69 Å². The Labute approximate surface area is 100 Å². The predicted molar refractivity (Wildman–Crippen MR) is 65.1 cm³/mol. The first-order chi connectivity index (χ1) is 8.20. The van der Waals surface area contributed by atoms with Crippen molar-refractivity contribution in [2.45, 2.75) is 18.9 Å². The number of nitrogens with one attached hydrogen (secondary N) is 1. The normalized spacial score (nSPS) is 20.1. The Hall–Kier alpha value is -1.62. The van der Waals surface area contributed by atoms with Crippen molar-refractivity contribution in [2.75, 3.05) is 25.0 Å². The molecule has 0 radical (unpaired) electrons. The number of nitrogens with zero attached hydrogens (tertiary/aromatic N) is 2. The van der Waals surface area contributed by atoms with Crippen molar-refractivity contribution in [3.8, 4) is 0 Å². The SMILES string of the molecule is CNC(=O)c1cc(N2CCC[C@H](O)C2)ccn1. The fourth-order valence-electron chi connectivity index (χ4n) is 2.06. The molecule has 5 heteroatoms. The molecule has 92 valence electrons. The topological polar surface area (TPSA) is 65.5 Å². The Kier molecular flexibility index (Phi) is 3.58. The molecule has 17 heavy (non-hydrogen) atoms. The Bertz CT molecular complexity index is 408. The first kappa shape index (κ1) is 11.9. The molecule has 1 atom stereocenters. The minimum Gasteiger partial charge on any atom is -0.391 e. The van der Waals surface area contributed by atoms with Crippen molar-refractivity contribution in [3.05, 3.63) is 24.0 Å². The number of aliphatic hydroxyl groups is 1. The zero-order chi connectivity index (χ0) is 12.3. The van der Waals surface area contributed by atoms with Crippen LogP contribution in [0.5, 0.6) is 0 Å². The number of anilines is 1. The summed E-state index contributed by atoms with van der Waals surface area (Å²) >= 11 is 0. The first-order valence-electron chi connectivity index (χ1n) is 5.82. The summed E-state index contributed by atoms with van der Waals surface area (Å²) in [5, 5.41) is 12.2. The summed E-state index contributed by atoms with van der Waals surface area (Å²) in [5.41, 5.74) is 1.35. The van der Waals surface area contributed by atoms with Gasteiger partial charge >= 0.3 is 0 Å². The highest BCUT2D eigenvalue weighted by Crippen LogP contribution is 2.20. The first-order valence-corrected chi connectivity index (χ1v) is 5.82. The fraction of sp³-hybridized carbons (Fsp3) is 0.500. The van der Waals surface area contributed by atoms with E-state index in [1.54, 1.807) is 19.3 Å². The van der Waals surface area contributed by atoms with Crippen molar-refractivity contribution in [1.29, 1.82) is 0 Å². The van der Waals surface area contributed by atoms with Gasteiger partial charge in [0, 0.05) is 32.0 Å². The minimum atomic E-state index is -0.277. The summed E-state index contributed by atoms with van der Waals surface area (Å²) in [6.45, 7) is 1.53. The Morgan fingerprint density at radius 2 is 2.47 bits per heavy atom. The second-order valence-corrected chi connectivity index (χ2v) is 4.22. The summed E-state index contributed by atoms with van der Waals surface area (Å²) in [6, 6.07) is 3.63. The van der Waals surface area contributed by atoms with Gasteiger partial charge in [-0.3, -0.25) is 9.78 Å². The van der Waals surface area contributed by atoms with E-state index >= 15 is 0 Å². The lowest BCUT2D eigenvalue weighted by molar-refractivity contribution is 0.0958. The number of carbonyl (C=O) groups is 1. The molecule has 0 aliphatic carbocycles. The molecule has 1 aromatic heterocycles. The van der Waals surface area contributed by atoms with Gasteiger partial charge in [-0.25, -0.2) is 0 Å². The second kappa shape index (κ2) is 5.14. The van der Waals surface area contributed by atoms with Gasteiger partial charge < -0.3 is 15.3 Å². The van der Waals surface area contributed by atoms with Crippen LogP contribution in [0.25, 0.3) is 0 Å². The van der Waals surface area contributed by atoms with Gasteiger partial charge in [-0.05, 0) is 25.0 Å². The van der Waals surface area contributed by atoms with E-state index in [9.17, 15) is 9.90 Å². The molecule has 1 aliphatic heterocycles. The van der Waals surface area contributed by atoms with Crippen LogP contribution >= 0.6 is 0 Å². The van der Waals surface area contributed by atoms with E-state index in [1.807, 2.05) is 6.07 Å². The third-order valence-corrected chi connectivity index (χ3v) is 2.96. The lowest BCUT2D eigenvalue weighted by atomic mass is 10.1. The number of hydrogen-bond donors (Lipinski definition) is 2. The van der Waals surface area contributed by atoms with Crippen molar-refractivity contribution in [3.63, 3.8) is 0 Å². The smallest absolute Gasteiger partial charge is 0.269 e. The van der Waals surface area contributed by atoms with Gasteiger partial charge in [0.15, 0.2) is 0 Å². The zero-order valence-corrected chi connectivity index (χ0v) is 9.89. The van der Waals surface area contributed by atoms with Crippen LogP contribution in [0.15, 0.2) is 18.3 Å². The molecule has 0 saturated carbocycles. The van der Waals surface area contributed by atoms with Gasteiger partial charge in [0.2, 0.25) is 0 Å². The van der Waals surface area contributed by atoms with Crippen LogP contribution in [0.3, 0.4) is 0 Å². The number of rotatable bonds is 2. The maximum atomic E-state index is 11.5. The maximum Gasteiger partial charge on any atom is 0.269 e. The highest BCUT2D eigenvalue weighted by Gasteiger charge is 2.18. The molecule has 0 unspecified atom stereocenters. The Morgan fingerprint density at radius 1 is 1.65 bits per heavy atom. The largest absolute Gasteiger partial charge is 0.391 e. The number of pyridine rings is 1. The molecular formula is C12H17N3O2. The molecule has 1 aromatic rings. The van der Waals surface area contributed by atoms with Gasteiger partial charge in [0.05, 0.1) is 6.10 Å². The van der Waals surface area contributed by atoms with Crippen LogP contribution in [-0.4, -0.2) is 42.2 Å². The molecule has 1 amide bonds. The maximum absolute atomic E-state index is 11.5. The van der Waals surface area contributed by atoms with Crippen molar-refractivity contribution in [1.82, 2.24) is 10.3 Å². The number of aromatic nitrogens is 1. The van der Waals surface area contributed by atoms with Crippen LogP contribution in [0.1, 0.15) is 23.3 Å². The molecule has 0 spiro atoms. The summed E-state index contributed by atoms with van der Waals surface area (Å²) in [6.07, 6.45) is 3.17. The monoisotopic (exact) mass is 235 g/mol. The summed E-state index contributed by atoms with van der Waals surface area (Å²) < 4.78 is 0. The summed E-state index contributed by atoms with van der Waals surface area (Å²) in [4.78, 5) is 17.6. The number of piperidine rings is 1. The minimum absolute atomic E-state index is 0.190. The molecule has 1 fully saturated rings.